The number of aldehydes is 1. The van der Waals surface area contributed by atoms with Crippen LogP contribution in [0.3, 0.4) is 0 Å². The van der Waals surface area contributed by atoms with Crippen LogP contribution in [0, 0.1) is 5.92 Å². The summed E-state index contributed by atoms with van der Waals surface area (Å²) in [5.41, 5.74) is 16.5. The predicted octanol–water partition coefficient (Wildman–Crippen LogP) is 5.06. The molecule has 6 aliphatic rings. The van der Waals surface area contributed by atoms with Gasteiger partial charge in [0, 0.05) is 99.9 Å². The number of hydrogen-bond acceptors (Lipinski definition) is 11. The van der Waals surface area contributed by atoms with E-state index in [1.54, 1.807) is 49.2 Å². The van der Waals surface area contributed by atoms with Gasteiger partial charge in [-0.05, 0) is 131 Å². The fourth-order valence-corrected chi connectivity index (χ4v) is 11.6. The van der Waals surface area contributed by atoms with Crippen molar-refractivity contribution in [3.63, 3.8) is 0 Å². The van der Waals surface area contributed by atoms with Crippen LogP contribution in [0.1, 0.15) is 115 Å². The van der Waals surface area contributed by atoms with E-state index in [0.29, 0.717) is 54.0 Å². The Morgan fingerprint density at radius 1 is 0.955 bits per heavy atom. The van der Waals surface area contributed by atoms with Gasteiger partial charge >= 0.3 is 0 Å². The third kappa shape index (κ3) is 9.51. The molecule has 2 unspecified atom stereocenters. The number of aromatic nitrogens is 2. The highest BCUT2D eigenvalue weighted by molar-refractivity contribution is 6.23. The summed E-state index contributed by atoms with van der Waals surface area (Å²) in [6, 6.07) is 8.08. The molecule has 67 heavy (non-hydrogen) atoms. The van der Waals surface area contributed by atoms with Crippen molar-refractivity contribution >= 4 is 35.6 Å². The molecule has 3 N–H and O–H groups in total. The number of nitrogens with one attached hydrogen (secondary N) is 1. The number of imide groups is 1. The number of nitrogens with two attached hydrogens (primary N) is 1. The summed E-state index contributed by atoms with van der Waals surface area (Å²) in [4.78, 5) is 72.9. The molecule has 9 rings (SSSR count). The lowest BCUT2D eigenvalue weighted by molar-refractivity contribution is -0.128. The fraction of sp³-hybridized carbons (Fsp3) is 0.560. The molecular formula is C50H64F2N10O5. The number of primary amides is 1. The average Bonchev–Trinajstić information content (AvgIpc) is 4.01. The van der Waals surface area contributed by atoms with E-state index in [9.17, 15) is 32.8 Å². The van der Waals surface area contributed by atoms with Crippen molar-refractivity contribution in [3.05, 3.63) is 81.8 Å². The van der Waals surface area contributed by atoms with Crippen LogP contribution < -0.4 is 16.1 Å². The molecule has 2 saturated heterocycles. The minimum Gasteiger partial charge on any atom is -0.368 e. The van der Waals surface area contributed by atoms with E-state index >= 15 is 0 Å². The molecule has 0 spiro atoms. The van der Waals surface area contributed by atoms with Gasteiger partial charge in [-0.1, -0.05) is 12.1 Å². The van der Waals surface area contributed by atoms with Crippen LogP contribution >= 0.6 is 0 Å². The molecule has 3 aromatic rings. The molecule has 0 aliphatic carbocycles. The van der Waals surface area contributed by atoms with Gasteiger partial charge < -0.3 is 35.1 Å². The summed E-state index contributed by atoms with van der Waals surface area (Å²) in [5, 5.41) is 6.64. The molecule has 4 amide bonds. The third-order valence-electron chi connectivity index (χ3n) is 15.3. The normalized spacial score (nSPS) is 21.4. The highest BCUT2D eigenvalue weighted by Crippen LogP contribution is 2.43. The van der Waals surface area contributed by atoms with E-state index in [1.165, 1.54) is 11.3 Å². The van der Waals surface area contributed by atoms with Crippen LogP contribution in [0.15, 0.2) is 54.0 Å². The zero-order valence-electron chi connectivity index (χ0n) is 38.8. The molecule has 7 heterocycles. The van der Waals surface area contributed by atoms with Crippen LogP contribution in [0.2, 0.25) is 0 Å². The molecule has 15 nitrogen and oxygen atoms in total. The quantitative estimate of drug-likeness (QED) is 0.146. The number of nitrogens with zero attached hydrogens (tertiary/aromatic N) is 8. The summed E-state index contributed by atoms with van der Waals surface area (Å²) >= 11 is 0. The number of halogens is 2. The number of carbonyl (C=O) groups excluding carboxylic acids is 5. The molecule has 358 valence electrons. The van der Waals surface area contributed by atoms with Gasteiger partial charge in [0.15, 0.2) is 0 Å². The number of amides is 4. The van der Waals surface area contributed by atoms with Crippen LogP contribution in [-0.4, -0.2) is 141 Å². The molecule has 17 heteroatoms. The standard InChI is InChI=1S/C50H64F2N10O5/c1-32(64)59-25-17-42-41(31-59)48(60-20-4-8-35-27-39(36-29-54-56(2)30-36)40(46(51)52)28-44(35)60)55-62(42)37-15-23-58(24-16-37)19-6-18-57-21-13-33(14-22-57)11-12-34-7-3-9-38-45(34)50(67)61(49(38)66)43(47(53)65)10-5-26-63/h3,7,9,26-30,33,37,43,46,48,55H,4-6,8,10-25,31H2,1-2H3,(H2,53,65). The fourth-order valence-electron chi connectivity index (χ4n) is 11.6. The first-order valence-electron chi connectivity index (χ1n) is 24.3. The lowest BCUT2D eigenvalue weighted by atomic mass is 9.89. The Kier molecular flexibility index (Phi) is 13.9. The molecular weight excluding hydrogens is 859 g/mol. The van der Waals surface area contributed by atoms with E-state index in [1.807, 2.05) is 17.0 Å². The minimum atomic E-state index is -2.64. The Morgan fingerprint density at radius 3 is 2.37 bits per heavy atom. The van der Waals surface area contributed by atoms with Gasteiger partial charge in [0.1, 0.15) is 18.5 Å². The maximum absolute atomic E-state index is 14.8. The number of fused-ring (bicyclic) bond motifs is 2. The first-order valence-corrected chi connectivity index (χ1v) is 24.3. The largest absolute Gasteiger partial charge is 0.368 e. The van der Waals surface area contributed by atoms with Crippen molar-refractivity contribution in [2.24, 2.45) is 18.7 Å². The van der Waals surface area contributed by atoms with Crippen molar-refractivity contribution in [2.45, 2.75) is 109 Å². The molecule has 2 aromatic carbocycles. The number of alkyl halides is 2. The Balaban J connectivity index is 0.765. The van der Waals surface area contributed by atoms with Gasteiger partial charge in [-0.2, -0.15) is 5.10 Å². The molecule has 6 aliphatic heterocycles. The molecule has 2 fully saturated rings. The highest BCUT2D eigenvalue weighted by atomic mass is 19.3. The van der Waals surface area contributed by atoms with E-state index < -0.39 is 30.2 Å². The number of hydrazine groups is 1. The molecule has 0 radical (unpaired) electrons. The number of rotatable bonds is 16. The number of carbonyl (C=O) groups is 5. The van der Waals surface area contributed by atoms with Gasteiger partial charge in [-0.3, -0.25) is 28.8 Å². The van der Waals surface area contributed by atoms with Gasteiger partial charge in [0.25, 0.3) is 18.2 Å². The first-order chi connectivity index (χ1) is 32.4. The van der Waals surface area contributed by atoms with E-state index in [4.69, 9.17) is 5.73 Å². The van der Waals surface area contributed by atoms with Crippen LogP contribution in [0.4, 0.5) is 14.5 Å². The van der Waals surface area contributed by atoms with Gasteiger partial charge in [-0.15, -0.1) is 0 Å². The van der Waals surface area contributed by atoms with Crippen LogP contribution in [-0.2, 0) is 34.3 Å². The lowest BCUT2D eigenvalue weighted by Gasteiger charge is -2.41. The van der Waals surface area contributed by atoms with Crippen molar-refractivity contribution < 1.29 is 32.8 Å². The average molecular weight is 923 g/mol. The lowest BCUT2D eigenvalue weighted by Crippen LogP contribution is -2.54. The molecule has 2 atom stereocenters. The summed E-state index contributed by atoms with van der Waals surface area (Å²) in [6.45, 7) is 9.67. The topological polar surface area (TPSA) is 161 Å². The second kappa shape index (κ2) is 20.0. The van der Waals surface area contributed by atoms with Gasteiger partial charge in [-0.25, -0.2) is 14.2 Å². The maximum Gasteiger partial charge on any atom is 0.264 e. The summed E-state index contributed by atoms with van der Waals surface area (Å²) < 4.78 is 31.1. The second-order valence-corrected chi connectivity index (χ2v) is 19.4. The number of hydrogen-bond donors (Lipinski definition) is 2. The van der Waals surface area contributed by atoms with Crippen molar-refractivity contribution in [3.8, 4) is 11.1 Å². The van der Waals surface area contributed by atoms with E-state index in [0.717, 1.165) is 125 Å². The zero-order valence-corrected chi connectivity index (χ0v) is 38.8. The van der Waals surface area contributed by atoms with Crippen LogP contribution in [0.5, 0.6) is 0 Å². The Labute approximate surface area is 391 Å². The Hall–Kier alpha value is -5.52. The Morgan fingerprint density at radius 2 is 1.70 bits per heavy atom. The smallest absolute Gasteiger partial charge is 0.264 e. The second-order valence-electron chi connectivity index (χ2n) is 19.4. The van der Waals surface area contributed by atoms with Gasteiger partial charge in [0.05, 0.1) is 17.3 Å². The molecule has 0 bridgehead atoms. The minimum absolute atomic E-state index is 0.0106. The SMILES string of the molecule is CC(=O)N1CCC2=C(C1)C(N1CCCc3cc(-c4cnn(C)c4)c(C(F)F)cc31)NN2C1CCN(CCCN2CCC(CCc3cccc4c3C(=O)N(C(CCC=O)C(N)=O)C4=O)CC2)CC1. The van der Waals surface area contributed by atoms with E-state index in [-0.39, 0.29) is 36.5 Å². The molecule has 1 aromatic heterocycles. The third-order valence-corrected chi connectivity index (χ3v) is 15.3. The molecule has 0 saturated carbocycles. The number of likely N-dealkylation sites (tertiary alicyclic amines) is 2. The van der Waals surface area contributed by atoms with Crippen molar-refractivity contribution in [1.29, 1.82) is 0 Å². The Bertz CT molecular complexity index is 2410. The maximum atomic E-state index is 14.8. The highest BCUT2D eigenvalue weighted by Gasteiger charge is 2.45. The summed E-state index contributed by atoms with van der Waals surface area (Å²) in [7, 11) is 1.79. The predicted molar refractivity (Wildman–Crippen MR) is 249 cm³/mol. The number of anilines is 1. The number of aryl methyl sites for hydroxylation is 3. The summed E-state index contributed by atoms with van der Waals surface area (Å²) in [6.07, 6.45) is 10.6. The van der Waals surface area contributed by atoms with E-state index in [2.05, 4.69) is 30.2 Å². The first kappa shape index (κ1) is 46.6. The van der Waals surface area contributed by atoms with Crippen molar-refractivity contribution in [1.82, 2.24) is 39.8 Å². The van der Waals surface area contributed by atoms with Crippen molar-refractivity contribution in [2.75, 3.05) is 63.8 Å². The zero-order chi connectivity index (χ0) is 46.9. The van der Waals surface area contributed by atoms with Crippen LogP contribution in [0.25, 0.3) is 11.1 Å². The monoisotopic (exact) mass is 923 g/mol. The number of piperidine rings is 2. The number of benzene rings is 2. The summed E-state index contributed by atoms with van der Waals surface area (Å²) in [5.74, 6) is -1.28. The van der Waals surface area contributed by atoms with Gasteiger partial charge in [0.2, 0.25) is 11.8 Å².